The number of carboxylic acids is 1. The Morgan fingerprint density at radius 2 is 1.54 bits per heavy atom. The fraction of sp³-hybridized carbons (Fsp3) is 0.375. The molecule has 5 heteroatoms. The van der Waals surface area contributed by atoms with Crippen molar-refractivity contribution in [3.8, 4) is 0 Å². The predicted octanol–water partition coefficient (Wildman–Crippen LogP) is 1.07. The number of hydrogen-bond donors (Lipinski definition) is 2. The van der Waals surface area contributed by atoms with E-state index in [9.17, 15) is 9.59 Å². The molecule has 0 heterocycles. The van der Waals surface area contributed by atoms with Crippen LogP contribution in [0.25, 0.3) is 0 Å². The van der Waals surface area contributed by atoms with Gasteiger partial charge in [0.05, 0.1) is 0 Å². The van der Waals surface area contributed by atoms with Gasteiger partial charge < -0.3 is 10.3 Å². The zero-order valence-corrected chi connectivity index (χ0v) is 7.87. The molecular formula is C8H13NO4. The van der Waals surface area contributed by atoms with Crippen LogP contribution in [0.15, 0.2) is 17.3 Å². The highest BCUT2D eigenvalue weighted by molar-refractivity contribution is 6.37. The van der Waals surface area contributed by atoms with E-state index in [1.54, 1.807) is 0 Å². The van der Waals surface area contributed by atoms with Crippen LogP contribution in [-0.2, 0) is 9.59 Å². The molecule has 0 fully saturated rings. The molecule has 0 bridgehead atoms. The zero-order valence-electron chi connectivity index (χ0n) is 7.87. The Hall–Kier alpha value is -1.65. The first kappa shape index (κ1) is 13.9. The van der Waals surface area contributed by atoms with E-state index >= 15 is 0 Å². The first-order valence-electron chi connectivity index (χ1n) is 3.41. The number of aliphatic carboxylic acids is 1. The van der Waals surface area contributed by atoms with E-state index in [4.69, 9.17) is 10.3 Å². The third-order valence-electron chi connectivity index (χ3n) is 1.02. The van der Waals surface area contributed by atoms with Gasteiger partial charge in [0.2, 0.25) is 0 Å². The highest BCUT2D eigenvalue weighted by Crippen LogP contribution is 1.81. The second kappa shape index (κ2) is 7.02. The van der Waals surface area contributed by atoms with Crippen LogP contribution in [0.1, 0.15) is 20.8 Å². The lowest BCUT2D eigenvalue weighted by atomic mass is 10.3. The van der Waals surface area contributed by atoms with E-state index in [1.807, 2.05) is 0 Å². The van der Waals surface area contributed by atoms with Gasteiger partial charge in [-0.15, -0.1) is 0 Å². The number of hydrogen-bond acceptors (Lipinski definition) is 4. The molecule has 0 atom stereocenters. The van der Waals surface area contributed by atoms with Crippen LogP contribution in [0.4, 0.5) is 0 Å². The van der Waals surface area contributed by atoms with Crippen LogP contribution < -0.4 is 0 Å². The summed E-state index contributed by atoms with van der Waals surface area (Å²) in [7, 11) is 0. The topological polar surface area (TPSA) is 87.0 Å². The maximum absolute atomic E-state index is 10.1. The molecule has 0 aromatic rings. The van der Waals surface area contributed by atoms with Crippen molar-refractivity contribution in [1.82, 2.24) is 0 Å². The lowest BCUT2D eigenvalue weighted by Crippen LogP contribution is -2.02. The maximum atomic E-state index is 10.1. The van der Waals surface area contributed by atoms with Crippen LogP contribution in [0.2, 0.25) is 0 Å². The van der Waals surface area contributed by atoms with E-state index in [2.05, 4.69) is 11.7 Å². The molecule has 0 unspecified atom stereocenters. The van der Waals surface area contributed by atoms with Crippen LogP contribution in [0.5, 0.6) is 0 Å². The first-order valence-corrected chi connectivity index (χ1v) is 3.41. The van der Waals surface area contributed by atoms with Gasteiger partial charge in [-0.25, -0.2) is 4.79 Å². The van der Waals surface area contributed by atoms with Crippen LogP contribution in [0.3, 0.4) is 0 Å². The zero-order chi connectivity index (χ0) is 11.0. The number of nitrogens with zero attached hydrogens (tertiary/aromatic N) is 1. The molecule has 0 aromatic carbocycles. The Labute approximate surface area is 76.4 Å². The van der Waals surface area contributed by atoms with Gasteiger partial charge in [0.15, 0.2) is 5.78 Å². The lowest BCUT2D eigenvalue weighted by molar-refractivity contribution is -0.132. The first-order chi connectivity index (χ1) is 5.82. The van der Waals surface area contributed by atoms with E-state index < -0.39 is 5.97 Å². The van der Waals surface area contributed by atoms with Gasteiger partial charge in [0, 0.05) is 12.5 Å². The molecule has 74 valence electrons. The van der Waals surface area contributed by atoms with Crippen molar-refractivity contribution < 1.29 is 19.9 Å². The number of Topliss-reactive ketones (excluding diaryl/α,β-unsaturated/α-hetero) is 1. The van der Waals surface area contributed by atoms with Gasteiger partial charge in [-0.05, 0) is 13.8 Å². The van der Waals surface area contributed by atoms with Crippen LogP contribution in [-0.4, -0.2) is 27.8 Å². The van der Waals surface area contributed by atoms with Gasteiger partial charge in [0.1, 0.15) is 5.71 Å². The molecule has 0 spiro atoms. The minimum absolute atomic E-state index is 0.139. The van der Waals surface area contributed by atoms with Gasteiger partial charge in [-0.3, -0.25) is 4.79 Å². The van der Waals surface area contributed by atoms with Gasteiger partial charge in [-0.2, -0.15) is 0 Å². The maximum Gasteiger partial charge on any atom is 0.330 e. The third kappa shape index (κ3) is 10.4. The summed E-state index contributed by atoms with van der Waals surface area (Å²) in [6.45, 7) is 7.39. The monoisotopic (exact) mass is 187 g/mol. The predicted molar refractivity (Wildman–Crippen MR) is 48.0 cm³/mol. The van der Waals surface area contributed by atoms with Crippen LogP contribution in [0, 0.1) is 0 Å². The number of ketones is 1. The average Bonchev–Trinajstić information content (AvgIpc) is 2.03. The molecule has 0 aliphatic carbocycles. The largest absolute Gasteiger partial charge is 0.478 e. The van der Waals surface area contributed by atoms with E-state index in [0.717, 1.165) is 0 Å². The normalized spacial score (nSPS) is 9.62. The Morgan fingerprint density at radius 3 is 1.54 bits per heavy atom. The van der Waals surface area contributed by atoms with E-state index in [1.165, 1.54) is 20.8 Å². The summed E-state index contributed by atoms with van der Waals surface area (Å²) >= 11 is 0. The molecule has 13 heavy (non-hydrogen) atoms. The molecule has 0 aliphatic heterocycles. The number of carbonyl (C=O) groups excluding carboxylic acids is 1. The van der Waals surface area contributed by atoms with Crippen molar-refractivity contribution in [1.29, 1.82) is 0 Å². The summed E-state index contributed by atoms with van der Waals surface area (Å²) in [4.78, 5) is 19.7. The second-order valence-corrected chi connectivity index (χ2v) is 2.33. The molecule has 0 aromatic heterocycles. The second-order valence-electron chi connectivity index (χ2n) is 2.33. The number of carbonyl (C=O) groups is 2. The standard InChI is InChI=1S/C4H7NO2.C4H6O2/c1-3(5-7)4(2)6;1-3(2)4(5)6/h7H,1-2H3;1H2,2H3,(H,5,6). The van der Waals surface area contributed by atoms with E-state index in [-0.39, 0.29) is 17.1 Å². The summed E-state index contributed by atoms with van der Waals surface area (Å²) in [5.74, 6) is -1.14. The SMILES string of the molecule is C=C(C)C(=O)O.CC(=O)C(C)=NO. The summed E-state index contributed by atoms with van der Waals surface area (Å²) < 4.78 is 0. The fourth-order valence-electron chi connectivity index (χ4n) is 0.0704. The van der Waals surface area contributed by atoms with Gasteiger partial charge in [0.25, 0.3) is 0 Å². The highest BCUT2D eigenvalue weighted by atomic mass is 16.4. The molecule has 2 N–H and O–H groups in total. The summed E-state index contributed by atoms with van der Waals surface area (Å²) in [5.41, 5.74) is 0.315. The Bertz CT molecular complexity index is 231. The smallest absolute Gasteiger partial charge is 0.330 e. The summed E-state index contributed by atoms with van der Waals surface area (Å²) in [6.07, 6.45) is 0. The Kier molecular flexibility index (Phi) is 7.51. The summed E-state index contributed by atoms with van der Waals surface area (Å²) in [5, 5.41) is 18.4. The molecule has 0 amide bonds. The lowest BCUT2D eigenvalue weighted by Gasteiger charge is -1.82. The van der Waals surface area contributed by atoms with Crippen LogP contribution >= 0.6 is 0 Å². The Morgan fingerprint density at radius 1 is 1.23 bits per heavy atom. The minimum Gasteiger partial charge on any atom is -0.478 e. The molecular weight excluding hydrogens is 174 g/mol. The van der Waals surface area contributed by atoms with Crippen molar-refractivity contribution >= 4 is 17.5 Å². The van der Waals surface area contributed by atoms with Crippen molar-refractivity contribution in [3.05, 3.63) is 12.2 Å². The Balaban J connectivity index is 0. The fourth-order valence-corrected chi connectivity index (χ4v) is 0.0704. The minimum atomic E-state index is -0.935. The van der Waals surface area contributed by atoms with Crippen molar-refractivity contribution in [2.45, 2.75) is 20.8 Å². The number of carboxylic acid groups (broad SMARTS) is 1. The number of rotatable bonds is 2. The molecule has 0 radical (unpaired) electrons. The van der Waals surface area contributed by atoms with Gasteiger partial charge >= 0.3 is 5.97 Å². The molecule has 0 rings (SSSR count). The van der Waals surface area contributed by atoms with Gasteiger partial charge in [-0.1, -0.05) is 11.7 Å². The highest BCUT2D eigenvalue weighted by Gasteiger charge is 1.94. The average molecular weight is 187 g/mol. The molecule has 0 saturated carbocycles. The number of oxime groups is 1. The molecule has 0 aliphatic rings. The quantitative estimate of drug-likeness (QED) is 0.293. The van der Waals surface area contributed by atoms with Crippen molar-refractivity contribution in [2.24, 2.45) is 5.16 Å². The van der Waals surface area contributed by atoms with Crippen molar-refractivity contribution in [2.75, 3.05) is 0 Å². The molecule has 0 saturated heterocycles. The summed E-state index contributed by atoms with van der Waals surface area (Å²) in [6, 6.07) is 0. The third-order valence-corrected chi connectivity index (χ3v) is 1.02. The van der Waals surface area contributed by atoms with Crippen molar-refractivity contribution in [3.63, 3.8) is 0 Å². The van der Waals surface area contributed by atoms with E-state index in [0.29, 0.717) is 0 Å². The molecule has 5 nitrogen and oxygen atoms in total.